The zero-order chi connectivity index (χ0) is 15.4. The predicted molar refractivity (Wildman–Crippen MR) is 86.3 cm³/mol. The Morgan fingerprint density at radius 1 is 1.14 bits per heavy atom. The highest BCUT2D eigenvalue weighted by Gasteiger charge is 2.11. The van der Waals surface area contributed by atoms with Gasteiger partial charge in [-0.2, -0.15) is 0 Å². The summed E-state index contributed by atoms with van der Waals surface area (Å²) >= 11 is 1.33. The molecule has 3 rings (SSSR count). The molecule has 2 aromatic carbocycles. The molecule has 0 saturated carbocycles. The van der Waals surface area contributed by atoms with Gasteiger partial charge in [-0.1, -0.05) is 28.8 Å². The van der Waals surface area contributed by atoms with E-state index in [1.165, 1.54) is 11.5 Å². The minimum atomic E-state index is -0.204. The van der Waals surface area contributed by atoms with E-state index in [0.717, 1.165) is 16.1 Å². The SMILES string of the molecule is COc1ccccc1C(=O)Nc1ccc(-c2cnns2)cc1. The van der Waals surface area contributed by atoms with Crippen LogP contribution in [0.25, 0.3) is 10.4 Å². The highest BCUT2D eigenvalue weighted by atomic mass is 32.1. The number of hydrogen-bond acceptors (Lipinski definition) is 5. The molecule has 110 valence electrons. The maximum absolute atomic E-state index is 12.3. The molecule has 0 fully saturated rings. The van der Waals surface area contributed by atoms with Crippen LogP contribution in [0.2, 0.25) is 0 Å². The molecule has 1 aromatic heterocycles. The van der Waals surface area contributed by atoms with Gasteiger partial charge in [0.2, 0.25) is 0 Å². The summed E-state index contributed by atoms with van der Waals surface area (Å²) in [7, 11) is 1.55. The molecule has 3 aromatic rings. The van der Waals surface area contributed by atoms with Crippen molar-refractivity contribution in [2.24, 2.45) is 0 Å². The Morgan fingerprint density at radius 2 is 1.91 bits per heavy atom. The standard InChI is InChI=1S/C16H13N3O2S/c1-21-14-5-3-2-4-13(14)16(20)18-12-8-6-11(7-9-12)15-10-17-19-22-15/h2-10H,1H3,(H,18,20). The highest BCUT2D eigenvalue weighted by molar-refractivity contribution is 7.09. The van der Waals surface area contributed by atoms with E-state index in [1.54, 1.807) is 31.5 Å². The fourth-order valence-corrected chi connectivity index (χ4v) is 2.56. The van der Waals surface area contributed by atoms with Gasteiger partial charge in [0.1, 0.15) is 5.75 Å². The Hall–Kier alpha value is -2.73. The van der Waals surface area contributed by atoms with Gasteiger partial charge in [0, 0.05) is 5.69 Å². The second kappa shape index (κ2) is 6.36. The summed E-state index contributed by atoms with van der Waals surface area (Å²) in [5, 5.41) is 6.67. The van der Waals surface area contributed by atoms with Crippen molar-refractivity contribution < 1.29 is 9.53 Å². The summed E-state index contributed by atoms with van der Waals surface area (Å²) in [4.78, 5) is 13.3. The Labute approximate surface area is 131 Å². The smallest absolute Gasteiger partial charge is 0.259 e. The first-order valence-corrected chi connectivity index (χ1v) is 7.37. The molecule has 5 nitrogen and oxygen atoms in total. The maximum Gasteiger partial charge on any atom is 0.259 e. The molecule has 0 radical (unpaired) electrons. The molecule has 0 unspecified atom stereocenters. The average molecular weight is 311 g/mol. The number of hydrogen-bond donors (Lipinski definition) is 1. The summed E-state index contributed by atoms with van der Waals surface area (Å²) in [5.41, 5.74) is 2.24. The molecule has 0 bridgehead atoms. The summed E-state index contributed by atoms with van der Waals surface area (Å²) in [6.07, 6.45) is 1.72. The minimum absolute atomic E-state index is 0.204. The molecule has 0 aliphatic carbocycles. The summed E-state index contributed by atoms with van der Waals surface area (Å²) in [5.74, 6) is 0.344. The van der Waals surface area contributed by atoms with E-state index in [9.17, 15) is 4.79 Å². The summed E-state index contributed by atoms with van der Waals surface area (Å²) < 4.78 is 9.04. The van der Waals surface area contributed by atoms with Gasteiger partial charge in [-0.3, -0.25) is 4.79 Å². The van der Waals surface area contributed by atoms with Crippen LogP contribution < -0.4 is 10.1 Å². The molecule has 22 heavy (non-hydrogen) atoms. The number of amides is 1. The number of para-hydroxylation sites is 1. The lowest BCUT2D eigenvalue weighted by Crippen LogP contribution is -2.12. The molecule has 0 atom stereocenters. The van der Waals surface area contributed by atoms with Gasteiger partial charge in [0.25, 0.3) is 5.91 Å². The number of carbonyl (C=O) groups is 1. The number of rotatable bonds is 4. The van der Waals surface area contributed by atoms with Crippen LogP contribution >= 0.6 is 11.5 Å². The molecule has 1 amide bonds. The number of carbonyl (C=O) groups excluding carboxylic acids is 1. The van der Waals surface area contributed by atoms with Gasteiger partial charge in [0.05, 0.1) is 23.7 Å². The highest BCUT2D eigenvalue weighted by Crippen LogP contribution is 2.24. The van der Waals surface area contributed by atoms with Crippen LogP contribution in [0.1, 0.15) is 10.4 Å². The molecular formula is C16H13N3O2S. The van der Waals surface area contributed by atoms with Crippen molar-refractivity contribution in [3.8, 4) is 16.2 Å². The van der Waals surface area contributed by atoms with Crippen molar-refractivity contribution in [1.29, 1.82) is 0 Å². The van der Waals surface area contributed by atoms with Crippen LogP contribution in [0, 0.1) is 0 Å². The van der Waals surface area contributed by atoms with Gasteiger partial charge in [-0.25, -0.2) is 0 Å². The van der Waals surface area contributed by atoms with Crippen molar-refractivity contribution in [2.45, 2.75) is 0 Å². The fraction of sp³-hybridized carbons (Fsp3) is 0.0625. The van der Waals surface area contributed by atoms with Crippen LogP contribution in [0.5, 0.6) is 5.75 Å². The van der Waals surface area contributed by atoms with E-state index in [1.807, 2.05) is 30.3 Å². The van der Waals surface area contributed by atoms with Gasteiger partial charge in [-0.05, 0) is 41.4 Å². The number of benzene rings is 2. The Bertz CT molecular complexity index is 770. The first-order chi connectivity index (χ1) is 10.8. The molecule has 1 N–H and O–H groups in total. The van der Waals surface area contributed by atoms with Gasteiger partial charge < -0.3 is 10.1 Å². The van der Waals surface area contributed by atoms with Crippen LogP contribution in [-0.4, -0.2) is 22.6 Å². The van der Waals surface area contributed by atoms with Crippen molar-refractivity contribution in [2.75, 3.05) is 12.4 Å². The fourth-order valence-electron chi connectivity index (χ4n) is 2.04. The predicted octanol–water partition coefficient (Wildman–Crippen LogP) is 3.47. The second-order valence-electron chi connectivity index (χ2n) is 4.51. The van der Waals surface area contributed by atoms with Crippen molar-refractivity contribution >= 4 is 23.1 Å². The van der Waals surface area contributed by atoms with E-state index >= 15 is 0 Å². The third kappa shape index (κ3) is 2.96. The molecular weight excluding hydrogens is 298 g/mol. The molecule has 0 spiro atoms. The van der Waals surface area contributed by atoms with Crippen LogP contribution in [0.4, 0.5) is 5.69 Å². The van der Waals surface area contributed by atoms with E-state index in [0.29, 0.717) is 11.3 Å². The zero-order valence-electron chi connectivity index (χ0n) is 11.8. The molecule has 0 saturated heterocycles. The van der Waals surface area contributed by atoms with Crippen LogP contribution in [-0.2, 0) is 0 Å². The summed E-state index contributed by atoms with van der Waals surface area (Å²) in [6.45, 7) is 0. The number of methoxy groups -OCH3 is 1. The Kier molecular flexibility index (Phi) is 4.11. The Morgan fingerprint density at radius 3 is 2.59 bits per heavy atom. The number of anilines is 1. The average Bonchev–Trinajstić information content (AvgIpc) is 3.10. The number of ether oxygens (including phenoxy) is 1. The third-order valence-electron chi connectivity index (χ3n) is 3.14. The van der Waals surface area contributed by atoms with Gasteiger partial charge in [0.15, 0.2) is 0 Å². The van der Waals surface area contributed by atoms with Gasteiger partial charge in [-0.15, -0.1) is 5.10 Å². The quantitative estimate of drug-likeness (QED) is 0.801. The Balaban J connectivity index is 1.77. The lowest BCUT2D eigenvalue weighted by Gasteiger charge is -2.09. The van der Waals surface area contributed by atoms with Crippen LogP contribution in [0.15, 0.2) is 54.7 Å². The lowest BCUT2D eigenvalue weighted by atomic mass is 10.1. The number of nitrogens with zero attached hydrogens (tertiary/aromatic N) is 2. The van der Waals surface area contributed by atoms with Crippen molar-refractivity contribution in [3.63, 3.8) is 0 Å². The van der Waals surface area contributed by atoms with Crippen LogP contribution in [0.3, 0.4) is 0 Å². The lowest BCUT2D eigenvalue weighted by molar-refractivity contribution is 0.102. The minimum Gasteiger partial charge on any atom is -0.496 e. The van der Waals surface area contributed by atoms with E-state index in [-0.39, 0.29) is 5.91 Å². The van der Waals surface area contributed by atoms with E-state index in [4.69, 9.17) is 4.74 Å². The number of aromatic nitrogens is 2. The molecule has 6 heteroatoms. The molecule has 0 aliphatic heterocycles. The van der Waals surface area contributed by atoms with Gasteiger partial charge >= 0.3 is 0 Å². The normalized spacial score (nSPS) is 10.2. The molecule has 0 aliphatic rings. The maximum atomic E-state index is 12.3. The monoisotopic (exact) mass is 311 g/mol. The first kappa shape index (κ1) is 14.2. The third-order valence-corrected chi connectivity index (χ3v) is 3.85. The van der Waals surface area contributed by atoms with E-state index < -0.39 is 0 Å². The van der Waals surface area contributed by atoms with Crippen molar-refractivity contribution in [3.05, 3.63) is 60.3 Å². The van der Waals surface area contributed by atoms with Crippen molar-refractivity contribution in [1.82, 2.24) is 9.59 Å². The van der Waals surface area contributed by atoms with E-state index in [2.05, 4.69) is 14.9 Å². The second-order valence-corrected chi connectivity index (χ2v) is 5.30. The first-order valence-electron chi connectivity index (χ1n) is 6.60. The number of nitrogens with one attached hydrogen (secondary N) is 1. The zero-order valence-corrected chi connectivity index (χ0v) is 12.6. The largest absolute Gasteiger partial charge is 0.496 e. The topological polar surface area (TPSA) is 64.1 Å². The summed E-state index contributed by atoms with van der Waals surface area (Å²) in [6, 6.07) is 14.7. The molecule has 1 heterocycles.